The fraction of sp³-hybridized carbons (Fsp3) is 0.250. The molecular formula is C12H14ClN5O. The third-order valence-corrected chi connectivity index (χ3v) is 2.91. The number of rotatable bonds is 3. The zero-order valence-corrected chi connectivity index (χ0v) is 11.4. The van der Waals surface area contributed by atoms with Crippen LogP contribution in [0, 0.1) is 6.92 Å². The lowest BCUT2D eigenvalue weighted by atomic mass is 10.2. The molecule has 0 saturated heterocycles. The molecule has 7 heteroatoms. The number of carbonyl (C=O) groups is 1. The highest BCUT2D eigenvalue weighted by Gasteiger charge is 2.16. The lowest BCUT2D eigenvalue weighted by Gasteiger charge is -2.16. The maximum absolute atomic E-state index is 12.2. The number of nitrogens with two attached hydrogens (primary N) is 1. The number of aryl methyl sites for hydroxylation is 1. The summed E-state index contributed by atoms with van der Waals surface area (Å²) in [6.07, 6.45) is 0. The van der Waals surface area contributed by atoms with Crippen LogP contribution in [0.25, 0.3) is 0 Å². The number of nitrogens with one attached hydrogen (secondary N) is 1. The number of aromatic amines is 1. The van der Waals surface area contributed by atoms with Gasteiger partial charge in [0.25, 0.3) is 5.91 Å². The SMILES string of the molecule is Cc1nc(CN(C)C(=O)c2ccc(N)cc2Cl)n[nH]1. The molecule has 0 aliphatic heterocycles. The molecule has 1 heterocycles. The van der Waals surface area contributed by atoms with Crippen molar-refractivity contribution in [2.75, 3.05) is 12.8 Å². The van der Waals surface area contributed by atoms with Gasteiger partial charge in [0, 0.05) is 12.7 Å². The van der Waals surface area contributed by atoms with E-state index in [2.05, 4.69) is 15.2 Å². The molecule has 0 spiro atoms. The molecular weight excluding hydrogens is 266 g/mol. The summed E-state index contributed by atoms with van der Waals surface area (Å²) in [6, 6.07) is 4.81. The Bertz CT molecular complexity index is 610. The van der Waals surface area contributed by atoms with Gasteiger partial charge in [-0.1, -0.05) is 11.6 Å². The summed E-state index contributed by atoms with van der Waals surface area (Å²) < 4.78 is 0. The lowest BCUT2D eigenvalue weighted by molar-refractivity contribution is 0.0782. The molecule has 1 amide bonds. The largest absolute Gasteiger partial charge is 0.399 e. The van der Waals surface area contributed by atoms with E-state index < -0.39 is 0 Å². The van der Waals surface area contributed by atoms with Gasteiger partial charge in [0.05, 0.1) is 17.1 Å². The number of aromatic nitrogens is 3. The summed E-state index contributed by atoms with van der Waals surface area (Å²) in [5.41, 5.74) is 6.53. The highest BCUT2D eigenvalue weighted by Crippen LogP contribution is 2.20. The van der Waals surface area contributed by atoms with Crippen LogP contribution in [-0.4, -0.2) is 33.0 Å². The minimum Gasteiger partial charge on any atom is -0.399 e. The number of hydrogen-bond donors (Lipinski definition) is 2. The van der Waals surface area contributed by atoms with Gasteiger partial charge in [-0.3, -0.25) is 9.89 Å². The maximum Gasteiger partial charge on any atom is 0.255 e. The van der Waals surface area contributed by atoms with Gasteiger partial charge < -0.3 is 10.6 Å². The number of carbonyl (C=O) groups excluding carboxylic acids is 1. The molecule has 19 heavy (non-hydrogen) atoms. The Labute approximate surface area is 115 Å². The number of H-pyrrole nitrogens is 1. The van der Waals surface area contributed by atoms with E-state index in [-0.39, 0.29) is 5.91 Å². The Morgan fingerprint density at radius 2 is 2.26 bits per heavy atom. The molecule has 1 aromatic carbocycles. The molecule has 100 valence electrons. The number of halogens is 1. The summed E-state index contributed by atoms with van der Waals surface area (Å²) in [7, 11) is 1.67. The smallest absolute Gasteiger partial charge is 0.255 e. The number of benzene rings is 1. The molecule has 2 rings (SSSR count). The molecule has 0 bridgehead atoms. The lowest BCUT2D eigenvalue weighted by Crippen LogP contribution is -2.27. The summed E-state index contributed by atoms with van der Waals surface area (Å²) in [4.78, 5) is 17.9. The molecule has 1 aromatic heterocycles. The van der Waals surface area contributed by atoms with Crippen molar-refractivity contribution in [3.05, 3.63) is 40.4 Å². The van der Waals surface area contributed by atoms with Crippen LogP contribution >= 0.6 is 11.6 Å². The van der Waals surface area contributed by atoms with E-state index in [1.54, 1.807) is 32.2 Å². The fourth-order valence-corrected chi connectivity index (χ4v) is 1.92. The first-order chi connectivity index (χ1) is 8.97. The summed E-state index contributed by atoms with van der Waals surface area (Å²) in [6.45, 7) is 2.11. The first-order valence-corrected chi connectivity index (χ1v) is 6.03. The molecule has 2 aromatic rings. The first kappa shape index (κ1) is 13.4. The molecule has 0 atom stereocenters. The highest BCUT2D eigenvalue weighted by atomic mass is 35.5. The normalized spacial score (nSPS) is 10.5. The van der Waals surface area contributed by atoms with Crippen molar-refractivity contribution in [3.63, 3.8) is 0 Å². The quantitative estimate of drug-likeness (QED) is 0.836. The van der Waals surface area contributed by atoms with Gasteiger partial charge >= 0.3 is 0 Å². The van der Waals surface area contributed by atoms with E-state index in [0.29, 0.717) is 34.5 Å². The van der Waals surface area contributed by atoms with Crippen LogP contribution < -0.4 is 5.73 Å². The van der Waals surface area contributed by atoms with Crippen molar-refractivity contribution in [1.82, 2.24) is 20.1 Å². The molecule has 0 fully saturated rings. The fourth-order valence-electron chi connectivity index (χ4n) is 1.65. The predicted octanol–water partition coefficient (Wildman–Crippen LogP) is 1.62. The minimum absolute atomic E-state index is 0.201. The average molecular weight is 280 g/mol. The van der Waals surface area contributed by atoms with Crippen molar-refractivity contribution >= 4 is 23.2 Å². The van der Waals surface area contributed by atoms with Crippen LogP contribution in [0.5, 0.6) is 0 Å². The second-order valence-corrected chi connectivity index (χ2v) is 4.64. The Morgan fingerprint density at radius 1 is 1.53 bits per heavy atom. The minimum atomic E-state index is -0.201. The van der Waals surface area contributed by atoms with Gasteiger partial charge in [-0.15, -0.1) is 0 Å². The molecule has 0 unspecified atom stereocenters. The van der Waals surface area contributed by atoms with Crippen molar-refractivity contribution in [2.24, 2.45) is 0 Å². The van der Waals surface area contributed by atoms with Crippen LogP contribution in [-0.2, 0) is 6.54 Å². The molecule has 0 saturated carbocycles. The summed E-state index contributed by atoms with van der Waals surface area (Å²) in [5, 5.41) is 7.05. The molecule has 0 aliphatic rings. The maximum atomic E-state index is 12.2. The number of anilines is 1. The second-order valence-electron chi connectivity index (χ2n) is 4.24. The van der Waals surface area contributed by atoms with Crippen LogP contribution in [0.3, 0.4) is 0 Å². The Kier molecular flexibility index (Phi) is 3.71. The van der Waals surface area contributed by atoms with E-state index >= 15 is 0 Å². The Morgan fingerprint density at radius 3 is 2.84 bits per heavy atom. The van der Waals surface area contributed by atoms with Gasteiger partial charge in [-0.25, -0.2) is 4.98 Å². The summed E-state index contributed by atoms with van der Waals surface area (Å²) >= 11 is 6.01. The zero-order chi connectivity index (χ0) is 14.0. The Balaban J connectivity index is 2.14. The van der Waals surface area contributed by atoms with Gasteiger partial charge in [-0.2, -0.15) is 5.10 Å². The third kappa shape index (κ3) is 3.03. The molecule has 0 radical (unpaired) electrons. The van der Waals surface area contributed by atoms with Crippen LogP contribution in [0.1, 0.15) is 22.0 Å². The van der Waals surface area contributed by atoms with E-state index in [9.17, 15) is 4.79 Å². The van der Waals surface area contributed by atoms with E-state index in [0.717, 1.165) is 0 Å². The highest BCUT2D eigenvalue weighted by molar-refractivity contribution is 6.34. The topological polar surface area (TPSA) is 87.9 Å². The second kappa shape index (κ2) is 5.27. The first-order valence-electron chi connectivity index (χ1n) is 5.65. The standard InChI is InChI=1S/C12H14ClN5O/c1-7-15-11(17-16-7)6-18(2)12(19)9-4-3-8(14)5-10(9)13/h3-5H,6,14H2,1-2H3,(H,15,16,17). The number of amides is 1. The van der Waals surface area contributed by atoms with E-state index in [1.165, 1.54) is 4.90 Å². The van der Waals surface area contributed by atoms with Gasteiger partial charge in [0.15, 0.2) is 5.82 Å². The molecule has 3 N–H and O–H groups in total. The van der Waals surface area contributed by atoms with Gasteiger partial charge in [-0.05, 0) is 25.1 Å². The Hall–Kier alpha value is -2.08. The predicted molar refractivity (Wildman–Crippen MR) is 72.8 cm³/mol. The molecule has 0 aliphatic carbocycles. The number of nitrogen functional groups attached to an aromatic ring is 1. The van der Waals surface area contributed by atoms with E-state index in [1.807, 2.05) is 0 Å². The zero-order valence-electron chi connectivity index (χ0n) is 10.6. The van der Waals surface area contributed by atoms with Crippen LogP contribution in [0.15, 0.2) is 18.2 Å². The van der Waals surface area contributed by atoms with Crippen LogP contribution in [0.4, 0.5) is 5.69 Å². The third-order valence-electron chi connectivity index (χ3n) is 2.59. The number of hydrogen-bond acceptors (Lipinski definition) is 4. The van der Waals surface area contributed by atoms with Crippen molar-refractivity contribution in [2.45, 2.75) is 13.5 Å². The monoisotopic (exact) mass is 279 g/mol. The summed E-state index contributed by atoms with van der Waals surface area (Å²) in [5.74, 6) is 1.06. The van der Waals surface area contributed by atoms with Crippen LogP contribution in [0.2, 0.25) is 5.02 Å². The molecule has 6 nitrogen and oxygen atoms in total. The van der Waals surface area contributed by atoms with Gasteiger partial charge in [0.1, 0.15) is 5.82 Å². The van der Waals surface area contributed by atoms with Crippen molar-refractivity contribution < 1.29 is 4.79 Å². The van der Waals surface area contributed by atoms with Crippen molar-refractivity contribution in [1.29, 1.82) is 0 Å². The van der Waals surface area contributed by atoms with Crippen molar-refractivity contribution in [3.8, 4) is 0 Å². The number of nitrogens with zero attached hydrogens (tertiary/aromatic N) is 3. The van der Waals surface area contributed by atoms with Gasteiger partial charge in [0.2, 0.25) is 0 Å². The van der Waals surface area contributed by atoms with E-state index in [4.69, 9.17) is 17.3 Å². The average Bonchev–Trinajstić information content (AvgIpc) is 2.74.